The van der Waals surface area contributed by atoms with E-state index in [0.717, 1.165) is 22.0 Å². The van der Waals surface area contributed by atoms with Crippen molar-refractivity contribution in [2.45, 2.75) is 11.8 Å². The first-order valence-corrected chi connectivity index (χ1v) is 9.97. The van der Waals surface area contributed by atoms with Crippen LogP contribution in [0.4, 0.5) is 16.5 Å². The number of ether oxygens (including phenoxy) is 1. The Bertz CT molecular complexity index is 925. The lowest BCUT2D eigenvalue weighted by molar-refractivity contribution is 0.103. The van der Waals surface area contributed by atoms with E-state index in [-0.39, 0.29) is 5.91 Å². The molecule has 0 spiro atoms. The van der Waals surface area contributed by atoms with Crippen LogP contribution in [-0.2, 0) is 0 Å². The average Bonchev–Trinajstić information content (AvgIpc) is 3.02. The third-order valence-corrected chi connectivity index (χ3v) is 5.48. The van der Waals surface area contributed by atoms with Crippen LogP contribution in [0.2, 0.25) is 0 Å². The molecule has 0 aliphatic carbocycles. The van der Waals surface area contributed by atoms with Crippen molar-refractivity contribution in [3.05, 3.63) is 59.1 Å². The highest BCUT2D eigenvalue weighted by Gasteiger charge is 2.16. The summed E-state index contributed by atoms with van der Waals surface area (Å²) in [6, 6.07) is 15.4. The second kappa shape index (κ2) is 8.25. The van der Waals surface area contributed by atoms with Crippen LogP contribution in [0.15, 0.2) is 53.4 Å². The number of nitrogens with one attached hydrogen (secondary N) is 2. The van der Waals surface area contributed by atoms with Gasteiger partial charge in [0, 0.05) is 10.6 Å². The maximum Gasteiger partial charge on any atom is 0.267 e. The Morgan fingerprint density at radius 3 is 2.77 bits per heavy atom. The zero-order valence-corrected chi connectivity index (χ0v) is 16.3. The highest BCUT2D eigenvalue weighted by Crippen LogP contribution is 2.31. The number of thioether (sulfide) groups is 1. The quantitative estimate of drug-likeness (QED) is 0.573. The van der Waals surface area contributed by atoms with Gasteiger partial charge in [0.2, 0.25) is 0 Å². The number of para-hydroxylation sites is 2. The Morgan fingerprint density at radius 1 is 1.19 bits per heavy atom. The van der Waals surface area contributed by atoms with Gasteiger partial charge in [0.25, 0.3) is 5.91 Å². The molecule has 134 valence electrons. The van der Waals surface area contributed by atoms with Gasteiger partial charge in [0.05, 0.1) is 18.5 Å². The number of rotatable bonds is 6. The molecule has 2 aromatic carbocycles. The molecular formula is C19H19N3O2S2. The Balaban J connectivity index is 1.78. The van der Waals surface area contributed by atoms with Gasteiger partial charge in [-0.2, -0.15) is 0 Å². The first-order chi connectivity index (χ1) is 12.6. The van der Waals surface area contributed by atoms with Crippen molar-refractivity contribution < 1.29 is 9.53 Å². The molecule has 0 aliphatic rings. The van der Waals surface area contributed by atoms with Crippen LogP contribution < -0.4 is 15.4 Å². The van der Waals surface area contributed by atoms with Gasteiger partial charge in [-0.1, -0.05) is 29.5 Å². The van der Waals surface area contributed by atoms with Crippen molar-refractivity contribution in [2.75, 3.05) is 24.0 Å². The fourth-order valence-corrected chi connectivity index (χ4v) is 3.75. The second-order valence-electron chi connectivity index (χ2n) is 5.44. The number of hydrogen-bond acceptors (Lipinski definition) is 6. The molecule has 3 rings (SSSR count). The Morgan fingerprint density at radius 2 is 2.00 bits per heavy atom. The molecular weight excluding hydrogens is 366 g/mol. The van der Waals surface area contributed by atoms with Crippen molar-refractivity contribution in [1.29, 1.82) is 0 Å². The fourth-order valence-electron chi connectivity index (χ4n) is 2.41. The number of anilines is 3. The van der Waals surface area contributed by atoms with E-state index in [2.05, 4.69) is 15.6 Å². The zero-order valence-electron chi connectivity index (χ0n) is 14.7. The summed E-state index contributed by atoms with van der Waals surface area (Å²) in [5.41, 5.74) is 2.27. The van der Waals surface area contributed by atoms with Gasteiger partial charge in [0.15, 0.2) is 5.13 Å². The lowest BCUT2D eigenvalue weighted by Crippen LogP contribution is -2.11. The van der Waals surface area contributed by atoms with Crippen LogP contribution in [0.25, 0.3) is 0 Å². The molecule has 2 N–H and O–H groups in total. The Labute approximate surface area is 160 Å². The monoisotopic (exact) mass is 385 g/mol. The van der Waals surface area contributed by atoms with Crippen LogP contribution in [0.3, 0.4) is 0 Å². The summed E-state index contributed by atoms with van der Waals surface area (Å²) < 4.78 is 5.34. The van der Waals surface area contributed by atoms with E-state index in [4.69, 9.17) is 4.74 Å². The summed E-state index contributed by atoms with van der Waals surface area (Å²) >= 11 is 2.95. The van der Waals surface area contributed by atoms with E-state index in [1.165, 1.54) is 11.3 Å². The minimum atomic E-state index is -0.161. The molecule has 0 fully saturated rings. The lowest BCUT2D eigenvalue weighted by Gasteiger charge is -2.08. The van der Waals surface area contributed by atoms with E-state index in [1.807, 2.05) is 61.7 Å². The summed E-state index contributed by atoms with van der Waals surface area (Å²) in [5.74, 6) is 0.562. The van der Waals surface area contributed by atoms with Crippen molar-refractivity contribution in [1.82, 2.24) is 4.98 Å². The van der Waals surface area contributed by atoms with Gasteiger partial charge in [-0.05, 0) is 43.5 Å². The first kappa shape index (κ1) is 18.3. The number of carbonyl (C=O) groups is 1. The number of benzene rings is 2. The summed E-state index contributed by atoms with van der Waals surface area (Å²) in [6.45, 7) is 1.83. The Hall–Kier alpha value is -2.51. The van der Waals surface area contributed by atoms with Crippen LogP contribution in [0, 0.1) is 6.92 Å². The molecule has 26 heavy (non-hydrogen) atoms. The first-order valence-electron chi connectivity index (χ1n) is 7.93. The minimum absolute atomic E-state index is 0.161. The largest absolute Gasteiger partial charge is 0.495 e. The summed E-state index contributed by atoms with van der Waals surface area (Å²) in [7, 11) is 1.62. The van der Waals surface area contributed by atoms with Gasteiger partial charge >= 0.3 is 0 Å². The van der Waals surface area contributed by atoms with Crippen LogP contribution in [0.5, 0.6) is 5.75 Å². The van der Waals surface area contributed by atoms with Gasteiger partial charge in [-0.25, -0.2) is 4.98 Å². The van der Waals surface area contributed by atoms with Gasteiger partial charge in [0.1, 0.15) is 10.6 Å². The molecule has 0 bridgehead atoms. The smallest absolute Gasteiger partial charge is 0.267 e. The van der Waals surface area contributed by atoms with Crippen molar-refractivity contribution in [3.8, 4) is 5.75 Å². The molecule has 0 atom stereocenters. The highest BCUT2D eigenvalue weighted by atomic mass is 32.2. The van der Waals surface area contributed by atoms with Gasteiger partial charge < -0.3 is 15.4 Å². The van der Waals surface area contributed by atoms with Crippen molar-refractivity contribution in [3.63, 3.8) is 0 Å². The molecule has 1 aromatic heterocycles. The molecule has 0 saturated heterocycles. The van der Waals surface area contributed by atoms with E-state index >= 15 is 0 Å². The molecule has 0 saturated carbocycles. The number of carbonyl (C=O) groups excluding carboxylic acids is 1. The molecule has 3 aromatic rings. The molecule has 0 aliphatic heterocycles. The predicted octanol–water partition coefficient (Wildman–Crippen LogP) is 5.18. The minimum Gasteiger partial charge on any atom is -0.495 e. The third kappa shape index (κ3) is 4.17. The van der Waals surface area contributed by atoms with E-state index in [0.29, 0.717) is 15.7 Å². The fraction of sp³-hybridized carbons (Fsp3) is 0.158. The molecule has 1 amide bonds. The van der Waals surface area contributed by atoms with Crippen LogP contribution in [-0.4, -0.2) is 24.3 Å². The number of aryl methyl sites for hydroxylation is 1. The van der Waals surface area contributed by atoms with Crippen LogP contribution in [0.1, 0.15) is 15.4 Å². The van der Waals surface area contributed by atoms with Gasteiger partial charge in [-0.15, -0.1) is 11.8 Å². The predicted molar refractivity (Wildman–Crippen MR) is 109 cm³/mol. The molecule has 7 heteroatoms. The molecule has 0 radical (unpaired) electrons. The second-order valence-corrected chi connectivity index (χ2v) is 7.32. The number of methoxy groups -OCH3 is 1. The molecule has 5 nitrogen and oxygen atoms in total. The van der Waals surface area contributed by atoms with E-state index < -0.39 is 0 Å². The van der Waals surface area contributed by atoms with E-state index in [1.54, 1.807) is 18.9 Å². The van der Waals surface area contributed by atoms with Gasteiger partial charge in [-0.3, -0.25) is 4.79 Å². The number of nitrogens with zero attached hydrogens (tertiary/aromatic N) is 1. The van der Waals surface area contributed by atoms with Crippen molar-refractivity contribution >= 4 is 45.5 Å². The summed E-state index contributed by atoms with van der Waals surface area (Å²) in [5, 5.41) is 6.81. The topological polar surface area (TPSA) is 63.2 Å². The molecule has 1 heterocycles. The number of amides is 1. The van der Waals surface area contributed by atoms with Crippen LogP contribution >= 0.6 is 23.1 Å². The highest BCUT2D eigenvalue weighted by molar-refractivity contribution is 7.98. The number of aromatic nitrogens is 1. The van der Waals surface area contributed by atoms with Crippen molar-refractivity contribution in [2.24, 2.45) is 0 Å². The Kier molecular flexibility index (Phi) is 5.80. The number of thiazole rings is 1. The SMILES string of the molecule is COc1ccccc1Nc1nc(C)c(C(=O)Nc2cccc(SC)c2)s1. The lowest BCUT2D eigenvalue weighted by atomic mass is 10.3. The normalized spacial score (nSPS) is 10.4. The summed E-state index contributed by atoms with van der Waals surface area (Å²) in [6.07, 6.45) is 2.00. The standard InChI is InChI=1S/C19H19N3O2S2/c1-12-17(18(23)21-13-7-6-8-14(11-13)25-3)26-19(20-12)22-15-9-4-5-10-16(15)24-2/h4-11H,1-3H3,(H,20,22)(H,21,23). The zero-order chi connectivity index (χ0) is 18.5. The number of hydrogen-bond donors (Lipinski definition) is 2. The maximum absolute atomic E-state index is 12.6. The maximum atomic E-state index is 12.6. The third-order valence-electron chi connectivity index (χ3n) is 3.68. The summed E-state index contributed by atoms with van der Waals surface area (Å²) in [4.78, 5) is 18.8. The average molecular weight is 386 g/mol. The van der Waals surface area contributed by atoms with E-state index in [9.17, 15) is 4.79 Å². The molecule has 0 unspecified atom stereocenters.